The van der Waals surface area contributed by atoms with Crippen LogP contribution in [0, 0.1) is 12.7 Å². The van der Waals surface area contributed by atoms with Crippen LogP contribution in [0.25, 0.3) is 0 Å². The van der Waals surface area contributed by atoms with Crippen molar-refractivity contribution < 1.29 is 13.9 Å². The van der Waals surface area contributed by atoms with E-state index >= 15 is 0 Å². The summed E-state index contributed by atoms with van der Waals surface area (Å²) in [6, 6.07) is 11.1. The zero-order chi connectivity index (χ0) is 13.8. The predicted molar refractivity (Wildman–Crippen MR) is 72.1 cm³/mol. The fourth-order valence-corrected chi connectivity index (χ4v) is 1.80. The molecule has 0 heterocycles. The maximum atomic E-state index is 13.5. The van der Waals surface area contributed by atoms with Crippen LogP contribution < -0.4 is 10.1 Å². The molecule has 0 fully saturated rings. The van der Waals surface area contributed by atoms with E-state index in [2.05, 4.69) is 5.32 Å². The van der Waals surface area contributed by atoms with Crippen molar-refractivity contribution in [3.8, 4) is 5.75 Å². The SMILES string of the molecule is COc1ccc(NC(=O)c2ccccc2F)cc1C. The summed E-state index contributed by atoms with van der Waals surface area (Å²) in [5, 5.41) is 2.66. The summed E-state index contributed by atoms with van der Waals surface area (Å²) < 4.78 is 18.6. The minimum absolute atomic E-state index is 0.0240. The first kappa shape index (κ1) is 13.1. The number of ether oxygens (including phenoxy) is 1. The first-order valence-electron chi connectivity index (χ1n) is 5.82. The van der Waals surface area contributed by atoms with Crippen LogP contribution in [-0.2, 0) is 0 Å². The summed E-state index contributed by atoms with van der Waals surface area (Å²) in [7, 11) is 1.58. The zero-order valence-corrected chi connectivity index (χ0v) is 10.7. The highest BCUT2D eigenvalue weighted by Gasteiger charge is 2.11. The lowest BCUT2D eigenvalue weighted by Gasteiger charge is -2.09. The van der Waals surface area contributed by atoms with Crippen LogP contribution in [0.5, 0.6) is 5.75 Å². The molecule has 0 aliphatic carbocycles. The van der Waals surface area contributed by atoms with Gasteiger partial charge >= 0.3 is 0 Å². The van der Waals surface area contributed by atoms with E-state index in [1.54, 1.807) is 37.4 Å². The number of aryl methyl sites for hydroxylation is 1. The molecule has 19 heavy (non-hydrogen) atoms. The Morgan fingerprint density at radius 3 is 2.58 bits per heavy atom. The molecule has 4 heteroatoms. The molecule has 0 unspecified atom stereocenters. The quantitative estimate of drug-likeness (QED) is 0.917. The predicted octanol–water partition coefficient (Wildman–Crippen LogP) is 3.40. The molecule has 2 aromatic rings. The van der Waals surface area contributed by atoms with Crippen molar-refractivity contribution in [3.63, 3.8) is 0 Å². The van der Waals surface area contributed by atoms with Gasteiger partial charge in [0.25, 0.3) is 5.91 Å². The van der Waals surface area contributed by atoms with Crippen LogP contribution in [0.4, 0.5) is 10.1 Å². The fraction of sp³-hybridized carbons (Fsp3) is 0.133. The lowest BCUT2D eigenvalue weighted by molar-refractivity contribution is 0.102. The highest BCUT2D eigenvalue weighted by molar-refractivity contribution is 6.04. The number of carbonyl (C=O) groups excluding carboxylic acids is 1. The van der Waals surface area contributed by atoms with E-state index in [0.29, 0.717) is 5.69 Å². The summed E-state index contributed by atoms with van der Waals surface area (Å²) >= 11 is 0. The molecule has 1 amide bonds. The fourth-order valence-electron chi connectivity index (χ4n) is 1.80. The Kier molecular flexibility index (Phi) is 3.80. The normalized spacial score (nSPS) is 10.1. The third kappa shape index (κ3) is 2.91. The summed E-state index contributed by atoms with van der Waals surface area (Å²) in [6.45, 7) is 1.87. The molecule has 0 saturated carbocycles. The molecule has 1 N–H and O–H groups in total. The maximum Gasteiger partial charge on any atom is 0.258 e. The van der Waals surface area contributed by atoms with Gasteiger partial charge in [-0.25, -0.2) is 4.39 Å². The molecule has 2 rings (SSSR count). The summed E-state index contributed by atoms with van der Waals surface area (Å²) in [5.74, 6) is -0.267. The second kappa shape index (κ2) is 5.52. The highest BCUT2D eigenvalue weighted by Crippen LogP contribution is 2.22. The third-order valence-electron chi connectivity index (χ3n) is 2.77. The molecular formula is C15H14FNO2. The van der Waals surface area contributed by atoms with Gasteiger partial charge in [-0.1, -0.05) is 12.1 Å². The van der Waals surface area contributed by atoms with Gasteiger partial charge in [-0.15, -0.1) is 0 Å². The molecule has 0 saturated heterocycles. The van der Waals surface area contributed by atoms with Gasteiger partial charge in [-0.3, -0.25) is 4.79 Å². The highest BCUT2D eigenvalue weighted by atomic mass is 19.1. The lowest BCUT2D eigenvalue weighted by Crippen LogP contribution is -2.13. The smallest absolute Gasteiger partial charge is 0.258 e. The summed E-state index contributed by atoms with van der Waals surface area (Å²) in [6.07, 6.45) is 0. The van der Waals surface area contributed by atoms with E-state index in [0.717, 1.165) is 11.3 Å². The van der Waals surface area contributed by atoms with E-state index in [-0.39, 0.29) is 5.56 Å². The van der Waals surface area contributed by atoms with Crippen LogP contribution >= 0.6 is 0 Å². The molecular weight excluding hydrogens is 245 g/mol. The van der Waals surface area contributed by atoms with E-state index in [1.165, 1.54) is 12.1 Å². The van der Waals surface area contributed by atoms with Crippen molar-refractivity contribution in [3.05, 3.63) is 59.4 Å². The van der Waals surface area contributed by atoms with E-state index < -0.39 is 11.7 Å². The largest absolute Gasteiger partial charge is 0.496 e. The standard InChI is InChI=1S/C15H14FNO2/c1-10-9-11(7-8-14(10)19-2)17-15(18)12-5-3-4-6-13(12)16/h3-9H,1-2H3,(H,17,18). The molecule has 0 aromatic heterocycles. The Hall–Kier alpha value is -2.36. The van der Waals surface area contributed by atoms with Crippen molar-refractivity contribution in [2.24, 2.45) is 0 Å². The number of carbonyl (C=O) groups is 1. The molecule has 0 bridgehead atoms. The average Bonchev–Trinajstić information content (AvgIpc) is 2.39. The van der Waals surface area contributed by atoms with Crippen LogP contribution in [0.15, 0.2) is 42.5 Å². The van der Waals surface area contributed by atoms with Gasteiger partial charge in [0, 0.05) is 5.69 Å². The third-order valence-corrected chi connectivity index (χ3v) is 2.77. The van der Waals surface area contributed by atoms with Crippen molar-refractivity contribution in [2.45, 2.75) is 6.92 Å². The van der Waals surface area contributed by atoms with E-state index in [4.69, 9.17) is 4.74 Å². The van der Waals surface area contributed by atoms with Crippen molar-refractivity contribution >= 4 is 11.6 Å². The van der Waals surface area contributed by atoms with E-state index in [1.807, 2.05) is 6.92 Å². The van der Waals surface area contributed by atoms with Gasteiger partial charge in [0.05, 0.1) is 12.7 Å². The Morgan fingerprint density at radius 2 is 1.95 bits per heavy atom. The molecule has 0 aliphatic heterocycles. The average molecular weight is 259 g/mol. The van der Waals surface area contributed by atoms with Crippen LogP contribution in [-0.4, -0.2) is 13.0 Å². The summed E-state index contributed by atoms with van der Waals surface area (Å²) in [4.78, 5) is 11.9. The molecule has 0 spiro atoms. The number of rotatable bonds is 3. The van der Waals surface area contributed by atoms with Gasteiger partial charge in [-0.05, 0) is 42.8 Å². The van der Waals surface area contributed by atoms with Gasteiger partial charge in [0.2, 0.25) is 0 Å². The Labute approximate surface area is 111 Å². The number of hydrogen-bond acceptors (Lipinski definition) is 2. The topological polar surface area (TPSA) is 38.3 Å². The minimum atomic E-state index is -0.537. The molecule has 0 aliphatic rings. The molecule has 98 valence electrons. The second-order valence-electron chi connectivity index (χ2n) is 4.12. The monoisotopic (exact) mass is 259 g/mol. The van der Waals surface area contributed by atoms with Crippen LogP contribution in [0.3, 0.4) is 0 Å². The van der Waals surface area contributed by atoms with Gasteiger partial charge in [0.1, 0.15) is 11.6 Å². The first-order valence-corrected chi connectivity index (χ1v) is 5.82. The van der Waals surface area contributed by atoms with Gasteiger partial charge < -0.3 is 10.1 Å². The minimum Gasteiger partial charge on any atom is -0.496 e. The van der Waals surface area contributed by atoms with Crippen LogP contribution in [0.2, 0.25) is 0 Å². The number of methoxy groups -OCH3 is 1. The van der Waals surface area contributed by atoms with Crippen LogP contribution in [0.1, 0.15) is 15.9 Å². The first-order chi connectivity index (χ1) is 9.11. The maximum absolute atomic E-state index is 13.5. The number of anilines is 1. The number of hydrogen-bond donors (Lipinski definition) is 1. The second-order valence-corrected chi connectivity index (χ2v) is 4.12. The number of halogens is 1. The van der Waals surface area contributed by atoms with Crippen molar-refractivity contribution in [2.75, 3.05) is 12.4 Å². The van der Waals surface area contributed by atoms with E-state index in [9.17, 15) is 9.18 Å². The Balaban J connectivity index is 2.20. The molecule has 0 radical (unpaired) electrons. The Bertz CT molecular complexity index is 611. The number of benzene rings is 2. The molecule has 2 aromatic carbocycles. The number of nitrogens with one attached hydrogen (secondary N) is 1. The Morgan fingerprint density at radius 1 is 1.21 bits per heavy atom. The van der Waals surface area contributed by atoms with Crippen molar-refractivity contribution in [1.29, 1.82) is 0 Å². The molecule has 3 nitrogen and oxygen atoms in total. The van der Waals surface area contributed by atoms with Gasteiger partial charge in [0.15, 0.2) is 0 Å². The van der Waals surface area contributed by atoms with Crippen molar-refractivity contribution in [1.82, 2.24) is 0 Å². The number of amides is 1. The lowest BCUT2D eigenvalue weighted by atomic mass is 10.1. The summed E-state index contributed by atoms with van der Waals surface area (Å²) in [5.41, 5.74) is 1.52. The zero-order valence-electron chi connectivity index (χ0n) is 10.7. The van der Waals surface area contributed by atoms with Gasteiger partial charge in [-0.2, -0.15) is 0 Å². The molecule has 0 atom stereocenters.